The van der Waals surface area contributed by atoms with Crippen LogP contribution in [0, 0.1) is 5.92 Å². The number of alkyl halides is 3. The zero-order valence-corrected chi connectivity index (χ0v) is 19.3. The molecule has 1 aliphatic heterocycles. The second kappa shape index (κ2) is 9.94. The van der Waals surface area contributed by atoms with Crippen LogP contribution in [-0.4, -0.2) is 29.2 Å². The Morgan fingerprint density at radius 1 is 1.09 bits per heavy atom. The van der Waals surface area contributed by atoms with Gasteiger partial charge in [-0.15, -0.1) is 0 Å². The van der Waals surface area contributed by atoms with E-state index in [1.54, 1.807) is 29.2 Å². The van der Waals surface area contributed by atoms with Gasteiger partial charge in [-0.3, -0.25) is 4.79 Å². The lowest BCUT2D eigenvalue weighted by Crippen LogP contribution is -2.40. The van der Waals surface area contributed by atoms with E-state index < -0.39 is 17.8 Å². The summed E-state index contributed by atoms with van der Waals surface area (Å²) in [7, 11) is 0. The molecule has 0 unspecified atom stereocenters. The molecule has 9 heteroatoms. The van der Waals surface area contributed by atoms with Crippen LogP contribution in [0.2, 0.25) is 10.0 Å². The molecule has 1 amide bonds. The van der Waals surface area contributed by atoms with Gasteiger partial charge in [0.25, 0.3) is 0 Å². The number of benzene rings is 2. The highest BCUT2D eigenvalue weighted by Gasteiger charge is 2.33. The molecule has 1 saturated carbocycles. The summed E-state index contributed by atoms with van der Waals surface area (Å²) >= 11 is 12.1. The molecule has 0 radical (unpaired) electrons. The average molecular weight is 499 g/mol. The number of carbonyl (C=O) groups excluding carboxylic acids is 1. The van der Waals surface area contributed by atoms with Gasteiger partial charge in [-0.2, -0.15) is 13.2 Å². The number of amides is 1. The number of hydrogen-bond donors (Lipinski definition) is 0. The van der Waals surface area contributed by atoms with Crippen molar-refractivity contribution in [3.8, 4) is 0 Å². The van der Waals surface area contributed by atoms with Gasteiger partial charge in [0, 0.05) is 24.4 Å². The second-order valence-corrected chi connectivity index (χ2v) is 9.31. The van der Waals surface area contributed by atoms with E-state index in [0.29, 0.717) is 27.7 Å². The number of hydrogen-bond acceptors (Lipinski definition) is 3. The summed E-state index contributed by atoms with van der Waals surface area (Å²) in [6.07, 6.45) is -0.812. The van der Waals surface area contributed by atoms with Crippen molar-refractivity contribution in [2.45, 2.75) is 50.9 Å². The van der Waals surface area contributed by atoms with E-state index in [2.05, 4.69) is 5.16 Å². The summed E-state index contributed by atoms with van der Waals surface area (Å²) in [6.45, 7) is 0.321. The molecular formula is C24H23Cl2F3N2O2. The van der Waals surface area contributed by atoms with E-state index in [0.717, 1.165) is 43.4 Å². The Bertz CT molecular complexity index is 1050. The minimum Gasteiger partial charge on any atom is -0.390 e. The van der Waals surface area contributed by atoms with E-state index in [-0.39, 0.29) is 24.9 Å². The Morgan fingerprint density at radius 2 is 1.85 bits per heavy atom. The minimum absolute atomic E-state index is 0.0449. The third-order valence-corrected chi connectivity index (χ3v) is 6.79. The first kappa shape index (κ1) is 23.9. The lowest BCUT2D eigenvalue weighted by atomic mass is 10.0. The van der Waals surface area contributed by atoms with Crippen LogP contribution in [0.5, 0.6) is 0 Å². The van der Waals surface area contributed by atoms with Gasteiger partial charge in [-0.1, -0.05) is 59.4 Å². The number of halogens is 5. The molecule has 0 saturated heterocycles. The summed E-state index contributed by atoms with van der Waals surface area (Å²) in [4.78, 5) is 20.4. The molecule has 4 rings (SSSR count). The molecule has 0 aromatic heterocycles. The van der Waals surface area contributed by atoms with E-state index in [4.69, 9.17) is 28.0 Å². The van der Waals surface area contributed by atoms with E-state index in [1.807, 2.05) is 0 Å². The van der Waals surface area contributed by atoms with Gasteiger partial charge in [-0.25, -0.2) is 0 Å². The topological polar surface area (TPSA) is 41.9 Å². The highest BCUT2D eigenvalue weighted by atomic mass is 35.5. The van der Waals surface area contributed by atoms with E-state index in [9.17, 15) is 18.0 Å². The number of rotatable bonds is 6. The zero-order chi connectivity index (χ0) is 23.6. The van der Waals surface area contributed by atoms with Crippen LogP contribution < -0.4 is 0 Å². The van der Waals surface area contributed by atoms with Gasteiger partial charge in [0.2, 0.25) is 5.91 Å². The smallest absolute Gasteiger partial charge is 0.390 e. The molecule has 176 valence electrons. The Kier molecular flexibility index (Phi) is 7.19. The van der Waals surface area contributed by atoms with Gasteiger partial charge < -0.3 is 9.74 Å². The molecule has 1 heterocycles. The van der Waals surface area contributed by atoms with E-state index in [1.165, 1.54) is 6.07 Å². The molecule has 2 aromatic carbocycles. The molecule has 1 fully saturated rings. The number of oxime groups is 1. The molecule has 2 aromatic rings. The van der Waals surface area contributed by atoms with Crippen LogP contribution in [0.3, 0.4) is 0 Å². The predicted molar refractivity (Wildman–Crippen MR) is 121 cm³/mol. The van der Waals surface area contributed by atoms with Gasteiger partial charge in [0.15, 0.2) is 6.10 Å². The van der Waals surface area contributed by atoms with Crippen molar-refractivity contribution >= 4 is 34.8 Å². The summed E-state index contributed by atoms with van der Waals surface area (Å²) in [5.74, 6) is -0.149. The largest absolute Gasteiger partial charge is 0.416 e. The maximum absolute atomic E-state index is 13.2. The van der Waals surface area contributed by atoms with Crippen LogP contribution in [0.1, 0.15) is 48.8 Å². The van der Waals surface area contributed by atoms with E-state index >= 15 is 0 Å². The highest BCUT2D eigenvalue weighted by Crippen LogP contribution is 2.32. The third kappa shape index (κ3) is 5.82. The number of nitrogens with zero attached hydrogens (tertiary/aromatic N) is 2. The molecule has 4 nitrogen and oxygen atoms in total. The van der Waals surface area contributed by atoms with Crippen LogP contribution in [-0.2, 0) is 22.4 Å². The summed E-state index contributed by atoms with van der Waals surface area (Å²) < 4.78 is 39.5. The van der Waals surface area contributed by atoms with Crippen LogP contribution >= 0.6 is 23.2 Å². The van der Waals surface area contributed by atoms with Crippen molar-refractivity contribution in [2.75, 3.05) is 6.54 Å². The second-order valence-electron chi connectivity index (χ2n) is 8.50. The molecule has 1 aliphatic carbocycles. The minimum atomic E-state index is -4.44. The fourth-order valence-electron chi connectivity index (χ4n) is 4.35. The fraction of sp³-hybridized carbons (Fsp3) is 0.417. The third-order valence-electron chi connectivity index (χ3n) is 6.05. The number of carbonyl (C=O) groups is 1. The standard InChI is InChI=1S/C24H23Cl2F3N2O2/c25-20-9-8-17(11-21(20)26)22-12-19(33-30-22)14-31(23(32)16-5-1-2-6-16)13-15-4-3-7-18(10-15)24(27,28)29/h3-4,7-11,16,19H,1-2,5-6,12-14H2/t19-/m0/s1. The van der Waals surface area contributed by atoms with Gasteiger partial charge in [0.1, 0.15) is 0 Å². The lowest BCUT2D eigenvalue weighted by molar-refractivity contribution is -0.137. The summed E-state index contributed by atoms with van der Waals surface area (Å²) in [5, 5.41) is 4.99. The van der Waals surface area contributed by atoms with Crippen LogP contribution in [0.25, 0.3) is 0 Å². The Balaban J connectivity index is 1.49. The molecule has 1 atom stereocenters. The molecular weight excluding hydrogens is 476 g/mol. The molecule has 0 bridgehead atoms. The quantitative estimate of drug-likeness (QED) is 0.443. The maximum atomic E-state index is 13.2. The lowest BCUT2D eigenvalue weighted by Gasteiger charge is -2.28. The van der Waals surface area contributed by atoms with Crippen LogP contribution in [0.15, 0.2) is 47.6 Å². The first-order valence-electron chi connectivity index (χ1n) is 10.8. The summed E-state index contributed by atoms with van der Waals surface area (Å²) in [5.41, 5.74) is 1.17. The van der Waals surface area contributed by atoms with Crippen molar-refractivity contribution in [3.05, 3.63) is 69.2 Å². The maximum Gasteiger partial charge on any atom is 0.416 e. The molecule has 0 spiro atoms. The van der Waals surface area contributed by atoms with Crippen molar-refractivity contribution < 1.29 is 22.8 Å². The van der Waals surface area contributed by atoms with Gasteiger partial charge >= 0.3 is 6.18 Å². The summed E-state index contributed by atoms with van der Waals surface area (Å²) in [6, 6.07) is 10.3. The Morgan fingerprint density at radius 3 is 2.55 bits per heavy atom. The van der Waals surface area contributed by atoms with Crippen molar-refractivity contribution in [2.24, 2.45) is 11.1 Å². The van der Waals surface area contributed by atoms with Gasteiger partial charge in [-0.05, 0) is 42.7 Å². The average Bonchev–Trinajstić information content (AvgIpc) is 3.47. The van der Waals surface area contributed by atoms with Crippen molar-refractivity contribution in [3.63, 3.8) is 0 Å². The predicted octanol–water partition coefficient (Wildman–Crippen LogP) is 6.72. The first-order valence-corrected chi connectivity index (χ1v) is 11.6. The normalized spacial score (nSPS) is 18.8. The Labute approximate surface area is 200 Å². The van der Waals surface area contributed by atoms with Gasteiger partial charge in [0.05, 0.1) is 27.9 Å². The highest BCUT2D eigenvalue weighted by molar-refractivity contribution is 6.42. The first-order chi connectivity index (χ1) is 15.7. The SMILES string of the molecule is O=C(C1CCCC1)N(Cc1cccc(C(F)(F)F)c1)C[C@@H]1CC(c2ccc(Cl)c(Cl)c2)=NO1. The fourth-order valence-corrected chi connectivity index (χ4v) is 4.65. The molecule has 0 N–H and O–H groups in total. The van der Waals surface area contributed by atoms with Crippen molar-refractivity contribution in [1.29, 1.82) is 0 Å². The molecule has 2 aliphatic rings. The van der Waals surface area contributed by atoms with Crippen LogP contribution in [0.4, 0.5) is 13.2 Å². The Hall–Kier alpha value is -2.25. The monoisotopic (exact) mass is 498 g/mol. The van der Waals surface area contributed by atoms with Crippen molar-refractivity contribution in [1.82, 2.24) is 4.90 Å². The zero-order valence-electron chi connectivity index (χ0n) is 17.7. The molecule has 33 heavy (non-hydrogen) atoms.